The normalized spacial score (nSPS) is 15.5. The zero-order valence-electron chi connectivity index (χ0n) is 24.8. The number of carbonyl (C=O) groups excluding carboxylic acids is 2. The first-order chi connectivity index (χ1) is 21.8. The Kier molecular flexibility index (Phi) is 9.34. The topological polar surface area (TPSA) is 85.7 Å². The third kappa shape index (κ3) is 7.65. The lowest BCUT2D eigenvalue weighted by Crippen LogP contribution is -2.39. The molecule has 236 valence electrons. The number of fused-ring (bicyclic) bond motifs is 1. The Bertz CT molecular complexity index is 1630. The van der Waals surface area contributed by atoms with Gasteiger partial charge in [-0.3, -0.25) is 14.3 Å². The molecule has 0 spiro atoms. The second-order valence-electron chi connectivity index (χ2n) is 11.7. The maximum absolute atomic E-state index is 13.4. The average Bonchev–Trinajstić information content (AvgIpc) is 3.78. The summed E-state index contributed by atoms with van der Waals surface area (Å²) in [5.41, 5.74) is 2.84. The smallest absolute Gasteiger partial charge is 0.387 e. The lowest BCUT2D eigenvalue weighted by molar-refractivity contribution is -0.0491. The number of hydrogen-bond acceptors (Lipinski definition) is 5. The zero-order chi connectivity index (χ0) is 31.3. The molecule has 1 aromatic heterocycles. The highest BCUT2D eigenvalue weighted by Gasteiger charge is 2.26. The van der Waals surface area contributed by atoms with Gasteiger partial charge in [-0.25, -0.2) is 4.39 Å². The molecule has 0 radical (unpaired) electrons. The summed E-state index contributed by atoms with van der Waals surface area (Å²) < 4.78 is 52.1. The number of halogens is 3. The molecule has 8 nitrogen and oxygen atoms in total. The molecule has 0 unspecified atom stereocenters. The van der Waals surface area contributed by atoms with Gasteiger partial charge in [-0.05, 0) is 85.0 Å². The molecule has 0 atom stereocenters. The summed E-state index contributed by atoms with van der Waals surface area (Å²) in [6.45, 7) is -0.118. The Morgan fingerprint density at radius 1 is 0.911 bits per heavy atom. The second-order valence-corrected chi connectivity index (χ2v) is 11.7. The summed E-state index contributed by atoms with van der Waals surface area (Å²) in [7, 11) is 0. The zero-order valence-corrected chi connectivity index (χ0v) is 24.8. The number of rotatable bonds is 12. The van der Waals surface area contributed by atoms with Crippen molar-refractivity contribution in [2.24, 2.45) is 11.8 Å². The van der Waals surface area contributed by atoms with Gasteiger partial charge in [0.05, 0.1) is 23.1 Å². The van der Waals surface area contributed by atoms with Gasteiger partial charge in [-0.2, -0.15) is 13.9 Å². The molecule has 1 N–H and O–H groups in total. The van der Waals surface area contributed by atoms with E-state index in [1.54, 1.807) is 41.2 Å². The molecule has 11 heteroatoms. The van der Waals surface area contributed by atoms with Crippen molar-refractivity contribution in [1.82, 2.24) is 20.0 Å². The van der Waals surface area contributed by atoms with Gasteiger partial charge in [0.1, 0.15) is 11.6 Å². The minimum absolute atomic E-state index is 0.0158. The van der Waals surface area contributed by atoms with E-state index in [2.05, 4.69) is 10.4 Å². The molecule has 2 amide bonds. The van der Waals surface area contributed by atoms with E-state index in [1.807, 2.05) is 17.0 Å². The van der Waals surface area contributed by atoms with Gasteiger partial charge in [0.15, 0.2) is 0 Å². The fraction of sp³-hybridized carbons (Fsp3) is 0.382. The van der Waals surface area contributed by atoms with Crippen molar-refractivity contribution in [2.45, 2.75) is 38.8 Å². The molecule has 1 saturated heterocycles. The maximum atomic E-state index is 13.4. The van der Waals surface area contributed by atoms with Crippen molar-refractivity contribution in [3.63, 3.8) is 0 Å². The number of piperidine rings is 1. The monoisotopic (exact) mass is 620 g/mol. The third-order valence-corrected chi connectivity index (χ3v) is 8.38. The Hall–Kier alpha value is -4.38. The Morgan fingerprint density at radius 2 is 1.60 bits per heavy atom. The minimum Gasteiger partial charge on any atom is -0.433 e. The Balaban J connectivity index is 1.05. The molecular weight excluding hydrogens is 585 g/mol. The number of likely N-dealkylation sites (tertiary alicyclic amines) is 1. The number of amides is 2. The molecule has 2 heterocycles. The molecule has 0 bridgehead atoms. The van der Waals surface area contributed by atoms with Gasteiger partial charge in [-0.15, -0.1) is 0 Å². The molecule has 2 aliphatic rings. The highest BCUT2D eigenvalue weighted by atomic mass is 19.3. The number of carbonyl (C=O) groups is 2. The van der Waals surface area contributed by atoms with Gasteiger partial charge < -0.3 is 19.7 Å². The fourth-order valence-electron chi connectivity index (χ4n) is 5.69. The third-order valence-electron chi connectivity index (χ3n) is 8.38. The first kappa shape index (κ1) is 30.6. The van der Waals surface area contributed by atoms with Crippen molar-refractivity contribution in [3.8, 4) is 16.9 Å². The van der Waals surface area contributed by atoms with Crippen molar-refractivity contribution in [1.29, 1.82) is 0 Å². The van der Waals surface area contributed by atoms with Crippen LogP contribution in [-0.4, -0.2) is 66.0 Å². The number of ether oxygens (including phenoxy) is 2. The Morgan fingerprint density at radius 3 is 2.27 bits per heavy atom. The number of hydrogen-bond donors (Lipinski definition) is 1. The van der Waals surface area contributed by atoms with Crippen LogP contribution in [0.5, 0.6) is 5.75 Å². The molecule has 45 heavy (non-hydrogen) atoms. The van der Waals surface area contributed by atoms with E-state index in [4.69, 9.17) is 9.47 Å². The van der Waals surface area contributed by atoms with Crippen LogP contribution < -0.4 is 10.1 Å². The summed E-state index contributed by atoms with van der Waals surface area (Å²) >= 11 is 0. The number of benzene rings is 3. The average molecular weight is 621 g/mol. The van der Waals surface area contributed by atoms with E-state index in [1.165, 1.54) is 31.0 Å². The van der Waals surface area contributed by atoms with Gasteiger partial charge >= 0.3 is 6.61 Å². The summed E-state index contributed by atoms with van der Waals surface area (Å²) in [5, 5.41) is 7.62. The Labute approximate surface area is 259 Å². The summed E-state index contributed by atoms with van der Waals surface area (Å²) in [5.74, 6) is -0.219. The minimum atomic E-state index is -3.10. The predicted octanol–water partition coefficient (Wildman–Crippen LogP) is 6.15. The summed E-state index contributed by atoms with van der Waals surface area (Å²) in [4.78, 5) is 27.8. The molecule has 2 fully saturated rings. The molecular formula is C34H35F3N4O4. The number of nitrogens with one attached hydrogen (secondary N) is 1. The predicted molar refractivity (Wildman–Crippen MR) is 163 cm³/mol. The highest BCUT2D eigenvalue weighted by Crippen LogP contribution is 2.32. The van der Waals surface area contributed by atoms with E-state index in [-0.39, 0.29) is 35.5 Å². The summed E-state index contributed by atoms with van der Waals surface area (Å²) in [6, 6.07) is 16.6. The molecule has 6 rings (SSSR count). The maximum Gasteiger partial charge on any atom is 0.387 e. The van der Waals surface area contributed by atoms with Crippen LogP contribution in [0.15, 0.2) is 66.9 Å². The fourth-order valence-corrected chi connectivity index (χ4v) is 5.69. The molecule has 1 aliphatic carbocycles. The van der Waals surface area contributed by atoms with Crippen molar-refractivity contribution in [2.75, 3.05) is 32.8 Å². The molecule has 1 aliphatic heterocycles. The summed E-state index contributed by atoms with van der Waals surface area (Å²) in [6.07, 6.45) is 5.50. The van der Waals surface area contributed by atoms with Crippen molar-refractivity contribution < 1.29 is 32.2 Å². The SMILES string of the molecule is O=C(NCCOCC1CC1)c1ccc2nn(CC3CCN(C(=O)c4ccc(-c5ccc(F)cc5)cc4)CC3)cc2c1OC(F)F. The van der Waals surface area contributed by atoms with Crippen LogP contribution in [0.2, 0.25) is 0 Å². The quantitative estimate of drug-likeness (QED) is 0.192. The largest absolute Gasteiger partial charge is 0.433 e. The van der Waals surface area contributed by atoms with Crippen LogP contribution in [0.1, 0.15) is 46.4 Å². The van der Waals surface area contributed by atoms with Crippen LogP contribution in [0.4, 0.5) is 13.2 Å². The molecule has 1 saturated carbocycles. The van der Waals surface area contributed by atoms with Crippen LogP contribution in [0.3, 0.4) is 0 Å². The van der Waals surface area contributed by atoms with Crippen LogP contribution >= 0.6 is 0 Å². The van der Waals surface area contributed by atoms with Gasteiger partial charge in [0, 0.05) is 44.5 Å². The van der Waals surface area contributed by atoms with Crippen molar-refractivity contribution >= 4 is 22.7 Å². The second kappa shape index (κ2) is 13.7. The first-order valence-electron chi connectivity index (χ1n) is 15.3. The van der Waals surface area contributed by atoms with Gasteiger partial charge in [-0.1, -0.05) is 24.3 Å². The van der Waals surface area contributed by atoms with Crippen LogP contribution in [0.25, 0.3) is 22.0 Å². The van der Waals surface area contributed by atoms with Gasteiger partial charge in [0.2, 0.25) is 0 Å². The van der Waals surface area contributed by atoms with E-state index in [0.29, 0.717) is 55.2 Å². The van der Waals surface area contributed by atoms with E-state index < -0.39 is 12.5 Å². The van der Waals surface area contributed by atoms with Gasteiger partial charge in [0.25, 0.3) is 11.8 Å². The van der Waals surface area contributed by atoms with E-state index >= 15 is 0 Å². The van der Waals surface area contributed by atoms with Crippen LogP contribution in [0, 0.1) is 17.7 Å². The first-order valence-corrected chi connectivity index (χ1v) is 15.3. The number of nitrogens with zero attached hydrogens (tertiary/aromatic N) is 3. The lowest BCUT2D eigenvalue weighted by atomic mass is 9.96. The van der Waals surface area contributed by atoms with Crippen LogP contribution in [-0.2, 0) is 11.3 Å². The van der Waals surface area contributed by atoms with E-state index in [9.17, 15) is 22.8 Å². The molecule has 3 aromatic carbocycles. The van der Waals surface area contributed by atoms with Crippen molar-refractivity contribution in [3.05, 3.63) is 83.8 Å². The highest BCUT2D eigenvalue weighted by molar-refractivity contribution is 6.03. The molecule has 4 aromatic rings. The lowest BCUT2D eigenvalue weighted by Gasteiger charge is -2.32. The number of aromatic nitrogens is 2. The van der Waals surface area contributed by atoms with E-state index in [0.717, 1.165) is 24.0 Å². The standard InChI is InChI=1S/C34H35F3N4O4/c35-27-9-7-25(8-10-27)24-3-5-26(6-4-24)33(43)40-16-13-22(14-17-40)19-41-20-29-30(39-41)12-11-28(31(29)45-34(36)37)32(42)38-15-18-44-21-23-1-2-23/h3-12,20,22-23,34H,1-2,13-19,21H2,(H,38,42). The number of alkyl halides is 2.